The molecule has 1 saturated carbocycles. The first-order valence-electron chi connectivity index (χ1n) is 5.62. The lowest BCUT2D eigenvalue weighted by Crippen LogP contribution is -2.15. The summed E-state index contributed by atoms with van der Waals surface area (Å²) in [5, 5.41) is 12.6. The van der Waals surface area contributed by atoms with Crippen molar-refractivity contribution in [1.82, 2.24) is 0 Å². The van der Waals surface area contributed by atoms with E-state index in [9.17, 15) is 8.42 Å². The topological polar surface area (TPSA) is 110 Å². The van der Waals surface area contributed by atoms with Gasteiger partial charge in [-0.05, 0) is 23.1 Å². The van der Waals surface area contributed by atoms with Gasteiger partial charge in [0, 0.05) is 11.8 Å². The van der Waals surface area contributed by atoms with Crippen molar-refractivity contribution in [2.75, 3.05) is 0 Å². The van der Waals surface area contributed by atoms with Gasteiger partial charge in [0.25, 0.3) is 0 Å². The summed E-state index contributed by atoms with van der Waals surface area (Å²) in [5.74, 6) is 0.378. The summed E-state index contributed by atoms with van der Waals surface area (Å²) in [6, 6.07) is 6.48. The second kappa shape index (κ2) is 3.80. The van der Waals surface area contributed by atoms with Crippen LogP contribution < -0.4 is 10.9 Å². The van der Waals surface area contributed by atoms with Crippen molar-refractivity contribution in [1.29, 1.82) is 5.41 Å². The largest absolute Gasteiger partial charge is 0.387 e. The minimum Gasteiger partial charge on any atom is -0.387 e. The average molecular weight is 267 g/mol. The molecular weight excluding hydrogens is 250 g/mol. The molecule has 0 aliphatic heterocycles. The zero-order valence-corrected chi connectivity index (χ0v) is 11.2. The highest BCUT2D eigenvalue weighted by molar-refractivity contribution is 7.89. The minimum absolute atomic E-state index is 0.0258. The number of primary sulfonamides is 1. The van der Waals surface area contributed by atoms with Gasteiger partial charge in [-0.1, -0.05) is 26.0 Å². The molecule has 0 heterocycles. The lowest BCUT2D eigenvalue weighted by Gasteiger charge is -2.04. The quantitative estimate of drug-likeness (QED) is 0.561. The van der Waals surface area contributed by atoms with E-state index in [4.69, 9.17) is 16.3 Å². The van der Waals surface area contributed by atoms with Gasteiger partial charge in [-0.3, -0.25) is 5.41 Å². The Morgan fingerprint density at radius 3 is 2.11 bits per heavy atom. The molecule has 0 radical (unpaired) electrons. The predicted octanol–water partition coefficient (Wildman–Crippen LogP) is 1.01. The molecule has 0 amide bonds. The van der Waals surface area contributed by atoms with Crippen molar-refractivity contribution in [3.05, 3.63) is 29.8 Å². The summed E-state index contributed by atoms with van der Waals surface area (Å²) >= 11 is 0. The molecule has 2 atom stereocenters. The maximum atomic E-state index is 11.2. The van der Waals surface area contributed by atoms with Crippen molar-refractivity contribution in [3.63, 3.8) is 0 Å². The van der Waals surface area contributed by atoms with Gasteiger partial charge in [0.2, 0.25) is 10.0 Å². The summed E-state index contributed by atoms with van der Waals surface area (Å²) in [5.41, 5.74) is 6.51. The fourth-order valence-electron chi connectivity index (χ4n) is 2.71. The Kier molecular flexibility index (Phi) is 2.75. The summed E-state index contributed by atoms with van der Waals surface area (Å²) in [4.78, 5) is 0.101. The van der Waals surface area contributed by atoms with Gasteiger partial charge in [0.15, 0.2) is 0 Å². The van der Waals surface area contributed by atoms with Gasteiger partial charge in [0.05, 0.1) is 10.7 Å². The molecule has 2 rings (SSSR count). The molecule has 0 aromatic heterocycles. The van der Waals surface area contributed by atoms with Crippen LogP contribution in [0.4, 0.5) is 0 Å². The van der Waals surface area contributed by atoms with Crippen LogP contribution >= 0.6 is 0 Å². The number of benzene rings is 1. The Bertz CT molecular complexity index is 590. The van der Waals surface area contributed by atoms with Crippen molar-refractivity contribution >= 4 is 15.9 Å². The van der Waals surface area contributed by atoms with Crippen LogP contribution in [-0.2, 0) is 10.0 Å². The fourth-order valence-corrected chi connectivity index (χ4v) is 3.22. The number of nitrogens with one attached hydrogen (secondary N) is 1. The summed E-state index contributed by atoms with van der Waals surface area (Å²) in [7, 11) is -3.65. The Morgan fingerprint density at radius 2 is 1.78 bits per heavy atom. The van der Waals surface area contributed by atoms with E-state index < -0.39 is 10.0 Å². The molecule has 0 saturated heterocycles. The first kappa shape index (κ1) is 13.0. The van der Waals surface area contributed by atoms with Crippen LogP contribution in [-0.4, -0.2) is 14.3 Å². The van der Waals surface area contributed by atoms with Gasteiger partial charge < -0.3 is 5.73 Å². The van der Waals surface area contributed by atoms with E-state index in [2.05, 4.69) is 13.8 Å². The van der Waals surface area contributed by atoms with Crippen molar-refractivity contribution in [3.8, 4) is 0 Å². The summed E-state index contributed by atoms with van der Waals surface area (Å²) < 4.78 is 22.3. The maximum absolute atomic E-state index is 11.2. The molecule has 5 N–H and O–H groups in total. The van der Waals surface area contributed by atoms with E-state index in [0.29, 0.717) is 0 Å². The van der Waals surface area contributed by atoms with E-state index >= 15 is 0 Å². The van der Waals surface area contributed by atoms with Gasteiger partial charge in [0.1, 0.15) is 0 Å². The van der Waals surface area contributed by atoms with E-state index in [1.54, 1.807) is 12.1 Å². The molecule has 1 aromatic carbocycles. The molecule has 0 spiro atoms. The highest BCUT2D eigenvalue weighted by Gasteiger charge is 2.59. The fraction of sp³-hybridized carbons (Fsp3) is 0.417. The molecule has 98 valence electrons. The standard InChI is InChI=1S/C12H17N3O2S/c1-12(2)9(10(12)11(13)14)7-3-5-8(6-4-7)18(15,16)17/h3-6,9-10H,1-2H3,(H3,13,14)(H2,15,16,17)/t9-,10+/m1/s1. The highest BCUT2D eigenvalue weighted by Crippen LogP contribution is 2.64. The predicted molar refractivity (Wildman–Crippen MR) is 69.7 cm³/mol. The lowest BCUT2D eigenvalue weighted by atomic mass is 10.0. The van der Waals surface area contributed by atoms with Crippen LogP contribution in [0.5, 0.6) is 0 Å². The third kappa shape index (κ3) is 2.02. The van der Waals surface area contributed by atoms with Crippen molar-refractivity contribution < 1.29 is 8.42 Å². The van der Waals surface area contributed by atoms with Crippen molar-refractivity contribution in [2.45, 2.75) is 24.7 Å². The number of hydrogen-bond donors (Lipinski definition) is 3. The van der Waals surface area contributed by atoms with Crippen molar-refractivity contribution in [2.24, 2.45) is 22.2 Å². The van der Waals surface area contributed by atoms with Crippen LogP contribution in [0.3, 0.4) is 0 Å². The molecular formula is C12H17N3O2S. The van der Waals surface area contributed by atoms with E-state index in [0.717, 1.165) is 5.56 Å². The van der Waals surface area contributed by atoms with Crippen LogP contribution in [0.1, 0.15) is 25.3 Å². The number of amidine groups is 1. The Morgan fingerprint density at radius 1 is 1.28 bits per heavy atom. The van der Waals surface area contributed by atoms with Crippen LogP contribution in [0.15, 0.2) is 29.2 Å². The SMILES string of the molecule is CC1(C)[C@H](C(=N)N)[C@H]1c1ccc(S(N)(=O)=O)cc1. The number of sulfonamides is 1. The number of nitrogens with two attached hydrogens (primary N) is 2. The molecule has 1 aliphatic carbocycles. The summed E-state index contributed by atoms with van der Waals surface area (Å²) in [6.07, 6.45) is 0. The second-order valence-electron chi connectivity index (χ2n) is 5.35. The molecule has 18 heavy (non-hydrogen) atoms. The van der Waals surface area contributed by atoms with E-state index in [1.807, 2.05) is 0 Å². The van der Waals surface area contributed by atoms with Gasteiger partial charge in [-0.15, -0.1) is 0 Å². The smallest absolute Gasteiger partial charge is 0.238 e. The molecule has 0 unspecified atom stereocenters. The Labute approximate surface area is 107 Å². The highest BCUT2D eigenvalue weighted by atomic mass is 32.2. The molecule has 1 fully saturated rings. The minimum atomic E-state index is -3.65. The average Bonchev–Trinajstić information content (AvgIpc) is 2.80. The molecule has 0 bridgehead atoms. The van der Waals surface area contributed by atoms with Crippen LogP contribution in [0.25, 0.3) is 0 Å². The monoisotopic (exact) mass is 267 g/mol. The van der Waals surface area contributed by atoms with Gasteiger partial charge in [-0.25, -0.2) is 13.6 Å². The van der Waals surface area contributed by atoms with E-state index in [-0.39, 0.29) is 28.0 Å². The molecule has 6 heteroatoms. The normalized spacial score (nSPS) is 25.7. The first-order valence-corrected chi connectivity index (χ1v) is 7.17. The second-order valence-corrected chi connectivity index (χ2v) is 6.91. The Balaban J connectivity index is 2.30. The van der Waals surface area contributed by atoms with Crippen LogP contribution in [0.2, 0.25) is 0 Å². The number of rotatable bonds is 3. The number of hydrogen-bond acceptors (Lipinski definition) is 3. The van der Waals surface area contributed by atoms with Gasteiger partial charge in [-0.2, -0.15) is 0 Å². The zero-order chi connectivity index (χ0) is 13.7. The molecule has 1 aromatic rings. The third-order valence-corrected chi connectivity index (χ3v) is 4.66. The first-order chi connectivity index (χ1) is 8.15. The van der Waals surface area contributed by atoms with Crippen LogP contribution in [0, 0.1) is 16.7 Å². The third-order valence-electron chi connectivity index (χ3n) is 3.73. The maximum Gasteiger partial charge on any atom is 0.238 e. The molecule has 5 nitrogen and oxygen atoms in total. The zero-order valence-electron chi connectivity index (χ0n) is 10.3. The molecule has 1 aliphatic rings. The summed E-state index contributed by atoms with van der Waals surface area (Å²) in [6.45, 7) is 4.11. The lowest BCUT2D eigenvalue weighted by molar-refractivity contribution is 0.597. The van der Waals surface area contributed by atoms with Gasteiger partial charge >= 0.3 is 0 Å². The van der Waals surface area contributed by atoms with E-state index in [1.165, 1.54) is 12.1 Å². The Hall–Kier alpha value is -1.40.